The van der Waals surface area contributed by atoms with Gasteiger partial charge in [-0.15, -0.1) is 0 Å². The third-order valence-corrected chi connectivity index (χ3v) is 8.31. The Kier molecular flexibility index (Phi) is 10.7. The molecule has 2 aliphatic heterocycles. The molecule has 5 rings (SSSR count). The zero-order chi connectivity index (χ0) is 28.6. The number of pyridine rings is 2. The normalized spacial score (nSPS) is 17.2. The lowest BCUT2D eigenvalue weighted by atomic mass is 9.96. The number of methoxy groups -OCH3 is 1. The molecule has 10 heteroatoms. The Bertz CT molecular complexity index is 1240. The van der Waals surface area contributed by atoms with Crippen molar-refractivity contribution in [1.82, 2.24) is 25.1 Å². The number of hydrogen-bond donors (Lipinski definition) is 1. The van der Waals surface area contributed by atoms with Crippen LogP contribution in [0.1, 0.15) is 18.4 Å². The van der Waals surface area contributed by atoms with Crippen molar-refractivity contribution < 1.29 is 9.47 Å². The van der Waals surface area contributed by atoms with Crippen LogP contribution >= 0.6 is 23.2 Å². The molecular weight excluding hydrogens is 559 g/mol. The van der Waals surface area contributed by atoms with Crippen LogP contribution < -0.4 is 15.0 Å². The number of anilines is 1. The fraction of sp³-hybridized carbons (Fsp3) is 0.484. The van der Waals surface area contributed by atoms with Gasteiger partial charge in [0.2, 0.25) is 5.88 Å². The number of benzene rings is 1. The summed E-state index contributed by atoms with van der Waals surface area (Å²) >= 11 is 12.7. The zero-order valence-electron chi connectivity index (χ0n) is 24.0. The van der Waals surface area contributed by atoms with E-state index in [9.17, 15) is 0 Å². The van der Waals surface area contributed by atoms with Gasteiger partial charge in [0.15, 0.2) is 0 Å². The molecular formula is C31H40Cl2N6O2. The van der Waals surface area contributed by atoms with Crippen molar-refractivity contribution in [3.05, 3.63) is 64.3 Å². The molecule has 0 bridgehead atoms. The lowest BCUT2D eigenvalue weighted by Crippen LogP contribution is -2.47. The fourth-order valence-corrected chi connectivity index (χ4v) is 6.14. The van der Waals surface area contributed by atoms with Crippen LogP contribution in [-0.4, -0.2) is 92.9 Å². The average molecular weight is 600 g/mol. The Hall–Kier alpha value is -2.46. The van der Waals surface area contributed by atoms with E-state index in [1.54, 1.807) is 19.4 Å². The molecule has 0 saturated carbocycles. The highest BCUT2D eigenvalue weighted by molar-refractivity contribution is 6.35. The van der Waals surface area contributed by atoms with Crippen molar-refractivity contribution in [1.29, 1.82) is 0 Å². The first-order valence-corrected chi connectivity index (χ1v) is 15.2. The van der Waals surface area contributed by atoms with E-state index < -0.39 is 0 Å². The lowest BCUT2D eigenvalue weighted by Gasteiger charge is -2.35. The van der Waals surface area contributed by atoms with Crippen LogP contribution in [0.5, 0.6) is 11.6 Å². The summed E-state index contributed by atoms with van der Waals surface area (Å²) in [4.78, 5) is 16.8. The summed E-state index contributed by atoms with van der Waals surface area (Å²) < 4.78 is 11.5. The number of likely N-dealkylation sites (tertiary alicyclic amines) is 1. The molecule has 2 fully saturated rings. The van der Waals surface area contributed by atoms with E-state index in [0.29, 0.717) is 21.7 Å². The number of ether oxygens (including phenoxy) is 2. The summed E-state index contributed by atoms with van der Waals surface area (Å²) in [7, 11) is 3.78. The molecule has 0 atom stereocenters. The summed E-state index contributed by atoms with van der Waals surface area (Å²) in [5.41, 5.74) is 2.78. The SMILES string of the molecule is CNCC1CCN(Cc2cc(Oc3ccc(N4CCN(CCOC)CC4)nc3)nc(-c3cc(Cl)cc(Cl)c3)c2)CC1. The minimum absolute atomic E-state index is 0.528. The Morgan fingerprint density at radius 3 is 2.34 bits per heavy atom. The van der Waals surface area contributed by atoms with Crippen LogP contribution in [0.15, 0.2) is 48.7 Å². The molecule has 0 unspecified atom stereocenters. The topological polar surface area (TPSA) is 66.0 Å². The van der Waals surface area contributed by atoms with Gasteiger partial charge in [0, 0.05) is 68.1 Å². The largest absolute Gasteiger partial charge is 0.437 e. The molecule has 0 radical (unpaired) electrons. The van der Waals surface area contributed by atoms with Gasteiger partial charge < -0.3 is 19.7 Å². The number of hydrogen-bond acceptors (Lipinski definition) is 8. The van der Waals surface area contributed by atoms with Gasteiger partial charge in [0.25, 0.3) is 0 Å². The van der Waals surface area contributed by atoms with E-state index >= 15 is 0 Å². The standard InChI is InChI=1S/C31H40Cl2N6O2/c1-34-20-23-5-7-38(8-6-23)22-24-15-29(25-17-26(32)19-27(33)18-25)36-31(16-24)41-28-3-4-30(35-21-28)39-11-9-37(10-12-39)13-14-40-2/h3-4,15-19,21,23,34H,5-14,20,22H2,1-2H3. The summed E-state index contributed by atoms with van der Waals surface area (Å²) in [6, 6.07) is 13.6. The predicted molar refractivity (Wildman–Crippen MR) is 166 cm³/mol. The van der Waals surface area contributed by atoms with Crippen molar-refractivity contribution in [3.63, 3.8) is 0 Å². The van der Waals surface area contributed by atoms with E-state index in [1.807, 2.05) is 37.4 Å². The third kappa shape index (κ3) is 8.53. The maximum Gasteiger partial charge on any atom is 0.220 e. The molecule has 220 valence electrons. The van der Waals surface area contributed by atoms with E-state index in [4.69, 9.17) is 42.6 Å². The van der Waals surface area contributed by atoms with Gasteiger partial charge in [-0.05, 0) is 87.4 Å². The van der Waals surface area contributed by atoms with Crippen LogP contribution in [-0.2, 0) is 11.3 Å². The van der Waals surface area contributed by atoms with Crippen molar-refractivity contribution in [3.8, 4) is 22.9 Å². The molecule has 1 N–H and O–H groups in total. The Morgan fingerprint density at radius 1 is 0.927 bits per heavy atom. The first-order valence-electron chi connectivity index (χ1n) is 14.4. The molecule has 3 aromatic rings. The summed E-state index contributed by atoms with van der Waals surface area (Å²) in [6.45, 7) is 9.70. The quantitative estimate of drug-likeness (QED) is 0.313. The minimum atomic E-state index is 0.528. The fourth-order valence-electron chi connectivity index (χ4n) is 5.61. The van der Waals surface area contributed by atoms with E-state index in [2.05, 4.69) is 26.1 Å². The smallest absolute Gasteiger partial charge is 0.220 e. The third-order valence-electron chi connectivity index (χ3n) is 7.88. The highest BCUT2D eigenvalue weighted by atomic mass is 35.5. The van der Waals surface area contributed by atoms with Crippen molar-refractivity contribution in [2.75, 3.05) is 78.0 Å². The number of nitrogens with one attached hydrogen (secondary N) is 1. The lowest BCUT2D eigenvalue weighted by molar-refractivity contribution is 0.144. The number of halogens is 2. The Balaban J connectivity index is 1.30. The average Bonchev–Trinajstić information content (AvgIpc) is 2.97. The molecule has 2 saturated heterocycles. The second kappa shape index (κ2) is 14.6. The van der Waals surface area contributed by atoms with Crippen LogP contribution in [0.25, 0.3) is 11.3 Å². The zero-order valence-corrected chi connectivity index (χ0v) is 25.5. The first kappa shape index (κ1) is 30.0. The van der Waals surface area contributed by atoms with Crippen molar-refractivity contribution in [2.45, 2.75) is 19.4 Å². The van der Waals surface area contributed by atoms with Gasteiger partial charge in [-0.2, -0.15) is 0 Å². The van der Waals surface area contributed by atoms with Crippen molar-refractivity contribution in [2.24, 2.45) is 5.92 Å². The maximum absolute atomic E-state index is 6.34. The van der Waals surface area contributed by atoms with Gasteiger partial charge in [0.05, 0.1) is 18.5 Å². The van der Waals surface area contributed by atoms with E-state index in [0.717, 1.165) is 94.1 Å². The summed E-state index contributed by atoms with van der Waals surface area (Å²) in [5.74, 6) is 2.88. The van der Waals surface area contributed by atoms with Crippen molar-refractivity contribution >= 4 is 29.0 Å². The molecule has 2 aliphatic rings. The molecule has 1 aromatic carbocycles. The molecule has 8 nitrogen and oxygen atoms in total. The van der Waals surface area contributed by atoms with Gasteiger partial charge in [-0.25, -0.2) is 9.97 Å². The number of rotatable bonds is 11. The Labute approximate surface area is 253 Å². The Morgan fingerprint density at radius 2 is 1.68 bits per heavy atom. The monoisotopic (exact) mass is 598 g/mol. The van der Waals surface area contributed by atoms with Gasteiger partial charge in [-0.1, -0.05) is 23.2 Å². The number of aromatic nitrogens is 2. The predicted octanol–water partition coefficient (Wildman–Crippen LogP) is 5.44. The van der Waals surface area contributed by atoms with Crippen LogP contribution in [0.2, 0.25) is 10.0 Å². The van der Waals surface area contributed by atoms with Gasteiger partial charge in [0.1, 0.15) is 11.6 Å². The molecule has 0 aliphatic carbocycles. The highest BCUT2D eigenvalue weighted by Gasteiger charge is 2.20. The second-order valence-corrected chi connectivity index (χ2v) is 11.8. The van der Waals surface area contributed by atoms with Crippen LogP contribution in [0, 0.1) is 5.92 Å². The van der Waals surface area contributed by atoms with Gasteiger partial charge >= 0.3 is 0 Å². The number of piperazine rings is 1. The van der Waals surface area contributed by atoms with E-state index in [-0.39, 0.29) is 0 Å². The van der Waals surface area contributed by atoms with Crippen LogP contribution in [0.4, 0.5) is 5.82 Å². The molecule has 41 heavy (non-hydrogen) atoms. The molecule has 4 heterocycles. The van der Waals surface area contributed by atoms with Crippen LogP contribution in [0.3, 0.4) is 0 Å². The first-order chi connectivity index (χ1) is 20.0. The number of nitrogens with zero attached hydrogens (tertiary/aromatic N) is 5. The summed E-state index contributed by atoms with van der Waals surface area (Å²) in [5, 5.41) is 4.47. The highest BCUT2D eigenvalue weighted by Crippen LogP contribution is 2.31. The minimum Gasteiger partial charge on any atom is -0.437 e. The summed E-state index contributed by atoms with van der Waals surface area (Å²) in [6.07, 6.45) is 4.18. The molecule has 2 aromatic heterocycles. The molecule has 0 amide bonds. The van der Waals surface area contributed by atoms with E-state index in [1.165, 1.54) is 12.8 Å². The van der Waals surface area contributed by atoms with Gasteiger partial charge in [-0.3, -0.25) is 9.80 Å². The second-order valence-electron chi connectivity index (χ2n) is 10.9. The maximum atomic E-state index is 6.34. The molecule has 0 spiro atoms. The number of piperidine rings is 1.